The van der Waals surface area contributed by atoms with Gasteiger partial charge in [-0.05, 0) is 68.8 Å². The Hall–Kier alpha value is -3.26. The Morgan fingerprint density at radius 2 is 1.50 bits per heavy atom. The van der Waals surface area contributed by atoms with Crippen LogP contribution in [0.5, 0.6) is 17.2 Å². The SMILES string of the molecule is COc1cc(OC)c(OC)cc1CN1CCC([C@@]2(C)NC(=O)N(C3Cc4ccccc4C3)C2=O)CC1. The summed E-state index contributed by atoms with van der Waals surface area (Å²) in [6, 6.07) is 11.7. The number of methoxy groups -OCH3 is 3. The molecule has 8 heteroatoms. The molecule has 2 saturated heterocycles. The van der Waals surface area contributed by atoms with Crippen LogP contribution < -0.4 is 19.5 Å². The number of carbonyl (C=O) groups is 2. The van der Waals surface area contributed by atoms with E-state index in [-0.39, 0.29) is 23.9 Å². The van der Waals surface area contributed by atoms with E-state index in [4.69, 9.17) is 14.2 Å². The summed E-state index contributed by atoms with van der Waals surface area (Å²) in [5, 5.41) is 3.08. The van der Waals surface area contributed by atoms with Gasteiger partial charge in [0.2, 0.25) is 0 Å². The Morgan fingerprint density at radius 1 is 0.917 bits per heavy atom. The number of carbonyl (C=O) groups excluding carboxylic acids is 2. The standard InChI is InChI=1S/C28H35N3O5/c1-28(26(32)31(27(33)29-28)22-13-18-7-5-6-8-19(18)14-22)21-9-11-30(12-10-21)17-20-15-24(35-3)25(36-4)16-23(20)34-2/h5-8,15-16,21-22H,9-14,17H2,1-4H3,(H,29,33)/t28-/m1/s1. The van der Waals surface area contributed by atoms with E-state index >= 15 is 0 Å². The first kappa shape index (κ1) is 24.4. The second kappa shape index (κ2) is 9.65. The molecule has 3 aliphatic rings. The van der Waals surface area contributed by atoms with E-state index in [1.165, 1.54) is 16.0 Å². The molecule has 2 aliphatic heterocycles. The molecule has 2 heterocycles. The van der Waals surface area contributed by atoms with E-state index < -0.39 is 5.54 Å². The number of nitrogens with one attached hydrogen (secondary N) is 1. The molecule has 8 nitrogen and oxygen atoms in total. The van der Waals surface area contributed by atoms with Crippen molar-refractivity contribution in [1.82, 2.24) is 15.1 Å². The van der Waals surface area contributed by atoms with Gasteiger partial charge in [0, 0.05) is 24.2 Å². The molecule has 192 valence electrons. The number of hydrogen-bond acceptors (Lipinski definition) is 6. The first-order valence-electron chi connectivity index (χ1n) is 12.6. The van der Waals surface area contributed by atoms with Crippen LogP contribution in [-0.2, 0) is 24.2 Å². The molecular weight excluding hydrogens is 458 g/mol. The average Bonchev–Trinajstić information content (AvgIpc) is 3.41. The van der Waals surface area contributed by atoms with E-state index in [0.717, 1.165) is 50.1 Å². The summed E-state index contributed by atoms with van der Waals surface area (Å²) in [5.41, 5.74) is 2.63. The second-order valence-electron chi connectivity index (χ2n) is 10.2. The Labute approximate surface area is 212 Å². The number of ether oxygens (including phenoxy) is 3. The zero-order valence-electron chi connectivity index (χ0n) is 21.5. The van der Waals surface area contributed by atoms with E-state index in [1.54, 1.807) is 21.3 Å². The van der Waals surface area contributed by atoms with Crippen molar-refractivity contribution in [1.29, 1.82) is 0 Å². The predicted molar refractivity (Wildman–Crippen MR) is 136 cm³/mol. The maximum atomic E-state index is 13.6. The third-order valence-electron chi connectivity index (χ3n) is 8.23. The monoisotopic (exact) mass is 493 g/mol. The summed E-state index contributed by atoms with van der Waals surface area (Å²) in [5.74, 6) is 2.07. The lowest BCUT2D eigenvalue weighted by atomic mass is 9.78. The normalized spacial score (nSPS) is 23.1. The number of fused-ring (bicyclic) bond motifs is 1. The van der Waals surface area contributed by atoms with Crippen molar-refractivity contribution in [2.45, 2.75) is 50.7 Å². The number of likely N-dealkylation sites (tertiary alicyclic amines) is 1. The molecule has 0 unspecified atom stereocenters. The van der Waals surface area contributed by atoms with Crippen LogP contribution in [0, 0.1) is 5.92 Å². The number of imide groups is 1. The minimum absolute atomic E-state index is 0.0784. The molecule has 0 aromatic heterocycles. The number of hydrogen-bond donors (Lipinski definition) is 1. The molecule has 1 N–H and O–H groups in total. The van der Waals surface area contributed by atoms with Gasteiger partial charge in [0.25, 0.3) is 5.91 Å². The lowest BCUT2D eigenvalue weighted by Gasteiger charge is -2.39. The van der Waals surface area contributed by atoms with Gasteiger partial charge in [-0.1, -0.05) is 24.3 Å². The van der Waals surface area contributed by atoms with Gasteiger partial charge in [0.1, 0.15) is 11.3 Å². The fourth-order valence-electron chi connectivity index (χ4n) is 6.13. The minimum atomic E-state index is -0.862. The highest BCUT2D eigenvalue weighted by Crippen LogP contribution is 2.39. The fraction of sp³-hybridized carbons (Fsp3) is 0.500. The quantitative estimate of drug-likeness (QED) is 0.596. The highest BCUT2D eigenvalue weighted by molar-refractivity contribution is 6.07. The average molecular weight is 494 g/mol. The lowest BCUT2D eigenvalue weighted by Crippen LogP contribution is -2.54. The first-order valence-corrected chi connectivity index (χ1v) is 12.6. The number of piperidine rings is 1. The summed E-state index contributed by atoms with van der Waals surface area (Å²) in [6.07, 6.45) is 3.13. The lowest BCUT2D eigenvalue weighted by molar-refractivity contribution is -0.134. The Kier molecular flexibility index (Phi) is 6.55. The summed E-state index contributed by atoms with van der Waals surface area (Å²) in [7, 11) is 4.89. The predicted octanol–water partition coefficient (Wildman–Crippen LogP) is 3.40. The van der Waals surface area contributed by atoms with E-state index in [2.05, 4.69) is 22.3 Å². The van der Waals surface area contributed by atoms with Crippen LogP contribution in [-0.4, -0.2) is 67.7 Å². The van der Waals surface area contributed by atoms with Crippen molar-refractivity contribution in [2.75, 3.05) is 34.4 Å². The van der Waals surface area contributed by atoms with Crippen molar-refractivity contribution in [3.63, 3.8) is 0 Å². The van der Waals surface area contributed by atoms with E-state index in [1.807, 2.05) is 31.2 Å². The third kappa shape index (κ3) is 4.17. The zero-order chi connectivity index (χ0) is 25.4. The molecule has 2 aromatic carbocycles. The molecule has 0 radical (unpaired) electrons. The maximum Gasteiger partial charge on any atom is 0.325 e. The van der Waals surface area contributed by atoms with Crippen molar-refractivity contribution in [3.05, 3.63) is 53.1 Å². The van der Waals surface area contributed by atoms with Crippen LogP contribution in [0.25, 0.3) is 0 Å². The van der Waals surface area contributed by atoms with Gasteiger partial charge in [-0.2, -0.15) is 0 Å². The minimum Gasteiger partial charge on any atom is -0.496 e. The van der Waals surface area contributed by atoms with Gasteiger partial charge >= 0.3 is 6.03 Å². The van der Waals surface area contributed by atoms with Gasteiger partial charge in [-0.3, -0.25) is 14.6 Å². The highest BCUT2D eigenvalue weighted by Gasteiger charge is 2.55. The molecule has 1 aliphatic carbocycles. The van der Waals surface area contributed by atoms with Crippen LogP contribution in [0.2, 0.25) is 0 Å². The van der Waals surface area contributed by atoms with E-state index in [9.17, 15) is 9.59 Å². The fourth-order valence-corrected chi connectivity index (χ4v) is 6.13. The van der Waals surface area contributed by atoms with Gasteiger partial charge < -0.3 is 19.5 Å². The molecular formula is C28H35N3O5. The summed E-state index contributed by atoms with van der Waals surface area (Å²) in [6.45, 7) is 4.28. The van der Waals surface area contributed by atoms with Crippen LogP contribution in [0.1, 0.15) is 36.5 Å². The van der Waals surface area contributed by atoms with Gasteiger partial charge in [0.05, 0.1) is 21.3 Å². The number of nitrogens with zero attached hydrogens (tertiary/aromatic N) is 2. The highest BCUT2D eigenvalue weighted by atomic mass is 16.5. The molecule has 5 rings (SSSR count). The first-order chi connectivity index (χ1) is 17.4. The molecule has 1 atom stereocenters. The van der Waals surface area contributed by atoms with Crippen LogP contribution in [0.4, 0.5) is 4.79 Å². The maximum absolute atomic E-state index is 13.6. The molecule has 2 aromatic rings. The smallest absolute Gasteiger partial charge is 0.325 e. The Balaban J connectivity index is 1.24. The number of rotatable bonds is 7. The largest absolute Gasteiger partial charge is 0.496 e. The number of benzene rings is 2. The number of amides is 3. The zero-order valence-corrected chi connectivity index (χ0v) is 21.5. The van der Waals surface area contributed by atoms with Crippen LogP contribution >= 0.6 is 0 Å². The van der Waals surface area contributed by atoms with Gasteiger partial charge in [-0.25, -0.2) is 4.79 Å². The third-order valence-corrected chi connectivity index (χ3v) is 8.23. The molecule has 3 amide bonds. The molecule has 36 heavy (non-hydrogen) atoms. The topological polar surface area (TPSA) is 80.3 Å². The van der Waals surface area contributed by atoms with Crippen molar-refractivity contribution >= 4 is 11.9 Å². The summed E-state index contributed by atoms with van der Waals surface area (Å²) >= 11 is 0. The van der Waals surface area contributed by atoms with E-state index in [0.29, 0.717) is 18.0 Å². The van der Waals surface area contributed by atoms with Crippen molar-refractivity contribution < 1.29 is 23.8 Å². The molecule has 0 bridgehead atoms. The van der Waals surface area contributed by atoms with Crippen molar-refractivity contribution in [3.8, 4) is 17.2 Å². The van der Waals surface area contributed by atoms with Crippen LogP contribution in [0.15, 0.2) is 36.4 Å². The summed E-state index contributed by atoms with van der Waals surface area (Å²) < 4.78 is 16.5. The van der Waals surface area contributed by atoms with Gasteiger partial charge in [0.15, 0.2) is 11.5 Å². The molecule has 2 fully saturated rings. The Bertz CT molecular complexity index is 1130. The van der Waals surface area contributed by atoms with Crippen LogP contribution in [0.3, 0.4) is 0 Å². The number of urea groups is 1. The van der Waals surface area contributed by atoms with Crippen molar-refractivity contribution in [2.24, 2.45) is 5.92 Å². The second-order valence-corrected chi connectivity index (χ2v) is 10.2. The van der Waals surface area contributed by atoms with Gasteiger partial charge in [-0.15, -0.1) is 0 Å². The Morgan fingerprint density at radius 3 is 2.08 bits per heavy atom. The molecule has 0 spiro atoms. The summed E-state index contributed by atoms with van der Waals surface area (Å²) in [4.78, 5) is 30.5. The molecule has 0 saturated carbocycles.